The van der Waals surface area contributed by atoms with Gasteiger partial charge in [0.15, 0.2) is 11.3 Å². The van der Waals surface area contributed by atoms with Gasteiger partial charge in [-0.3, -0.25) is 0 Å². The Morgan fingerprint density at radius 3 is 2.50 bits per heavy atom. The normalized spacial score (nSPS) is 10.7. The van der Waals surface area contributed by atoms with E-state index in [1.54, 1.807) is 0 Å². The van der Waals surface area contributed by atoms with Gasteiger partial charge in [-0.15, -0.1) is 0 Å². The number of fused-ring (bicyclic) bond motifs is 2. The second-order valence-corrected chi connectivity index (χ2v) is 6.66. The highest BCUT2D eigenvalue weighted by molar-refractivity contribution is 5.81. The smallest absolute Gasteiger partial charge is 0.203 e. The molecule has 144 valence electrons. The third-order valence-corrected chi connectivity index (χ3v) is 4.92. The van der Waals surface area contributed by atoms with E-state index in [9.17, 15) is 0 Å². The van der Waals surface area contributed by atoms with E-state index in [-0.39, 0.29) is 12.4 Å². The van der Waals surface area contributed by atoms with Crippen molar-refractivity contribution in [1.29, 1.82) is 0 Å². The van der Waals surface area contributed by atoms with Crippen LogP contribution < -0.4 is 27.7 Å². The van der Waals surface area contributed by atoms with E-state index >= 15 is 0 Å². The molecule has 2 aromatic rings. The highest BCUT2D eigenvalue weighted by Crippen LogP contribution is 2.27. The Morgan fingerprint density at radius 1 is 0.964 bits per heavy atom. The molecule has 0 unspecified atom stereocenters. The topological polar surface area (TPSA) is 41.1 Å². The van der Waals surface area contributed by atoms with Crippen LogP contribution in [0.2, 0.25) is 0 Å². The Bertz CT molecular complexity index is 1140. The summed E-state index contributed by atoms with van der Waals surface area (Å²) in [4.78, 5) is 4.76. The number of aromatic nitrogens is 1. The molecule has 0 atom stereocenters. The first-order chi connectivity index (χ1) is 13.2. The zero-order chi connectivity index (χ0) is 18.8. The standard InChI is InChI=1S/C23H23N3O.ClH/c1-4-26(5-2)18-11-13-21-23(15-18)27-22-14-17(10-12-20(22)25-21)24-19-9-7-6-8-16(19)3;/h6-15H,4-5H2,1-3H3;1H. The summed E-state index contributed by atoms with van der Waals surface area (Å²) in [5.74, 6) is 0.806. The Kier molecular flexibility index (Phi) is 6.00. The van der Waals surface area contributed by atoms with Crippen molar-refractivity contribution in [2.75, 3.05) is 18.4 Å². The number of nitrogens with zero attached hydrogens (tertiary/aromatic N) is 2. The van der Waals surface area contributed by atoms with Gasteiger partial charge in [-0.1, -0.05) is 18.2 Å². The van der Waals surface area contributed by atoms with E-state index in [4.69, 9.17) is 9.40 Å². The van der Waals surface area contributed by atoms with Gasteiger partial charge in [-0.2, -0.15) is 0 Å². The lowest BCUT2D eigenvalue weighted by molar-refractivity contribution is -0.00000609. The molecule has 28 heavy (non-hydrogen) atoms. The molecule has 2 aliphatic rings. The van der Waals surface area contributed by atoms with Crippen molar-refractivity contribution in [2.24, 2.45) is 0 Å². The molecule has 2 aromatic carbocycles. The van der Waals surface area contributed by atoms with Crippen molar-refractivity contribution in [2.45, 2.75) is 20.8 Å². The molecule has 0 spiro atoms. The maximum Gasteiger partial charge on any atom is 0.203 e. The number of benzene rings is 3. The van der Waals surface area contributed by atoms with Crippen molar-refractivity contribution >= 4 is 22.5 Å². The van der Waals surface area contributed by atoms with Crippen LogP contribution in [-0.4, -0.2) is 18.1 Å². The fourth-order valence-electron chi connectivity index (χ4n) is 3.35. The van der Waals surface area contributed by atoms with Gasteiger partial charge in [0.2, 0.25) is 5.36 Å². The van der Waals surface area contributed by atoms with Gasteiger partial charge >= 0.3 is 0 Å². The number of rotatable bonds is 4. The van der Waals surface area contributed by atoms with Crippen LogP contribution in [0.25, 0.3) is 22.6 Å². The Hall–Kier alpha value is -2.85. The number of anilines is 2. The minimum atomic E-state index is 0. The van der Waals surface area contributed by atoms with Crippen molar-refractivity contribution in [3.63, 3.8) is 0 Å². The SMILES string of the molecule is CC[N+](CC)=c1ccc2nc3ccc(Nc4ccccc4C)cc3oc-2c1.[Cl-]. The predicted octanol–water partition coefficient (Wildman–Crippen LogP) is 1.80. The molecule has 1 heterocycles. The van der Waals surface area contributed by atoms with Gasteiger partial charge in [0.25, 0.3) is 0 Å². The quantitative estimate of drug-likeness (QED) is 0.424. The molecule has 5 heteroatoms. The number of halogens is 1. The molecule has 0 amide bonds. The van der Waals surface area contributed by atoms with Crippen LogP contribution in [0.15, 0.2) is 65.1 Å². The third kappa shape index (κ3) is 3.87. The lowest BCUT2D eigenvalue weighted by Crippen LogP contribution is -3.00. The van der Waals surface area contributed by atoms with Crippen LogP contribution in [0, 0.1) is 6.92 Å². The first kappa shape index (κ1) is 19.9. The zero-order valence-corrected chi connectivity index (χ0v) is 17.1. The molecule has 0 saturated carbocycles. The van der Waals surface area contributed by atoms with Gasteiger partial charge < -0.3 is 22.1 Å². The van der Waals surface area contributed by atoms with Gasteiger partial charge in [-0.05, 0) is 50.6 Å². The summed E-state index contributed by atoms with van der Waals surface area (Å²) in [5.41, 5.74) is 5.79. The lowest BCUT2D eigenvalue weighted by Gasteiger charge is -2.11. The molecule has 0 radical (unpaired) electrons. The number of para-hydroxylation sites is 1. The Labute approximate surface area is 171 Å². The zero-order valence-electron chi connectivity index (χ0n) is 16.4. The molecule has 0 saturated heterocycles. The maximum atomic E-state index is 6.21. The molecular formula is C23H24ClN3O. The van der Waals surface area contributed by atoms with E-state index in [2.05, 4.69) is 54.9 Å². The van der Waals surface area contributed by atoms with Gasteiger partial charge in [0.1, 0.15) is 24.3 Å². The fourth-order valence-corrected chi connectivity index (χ4v) is 3.35. The number of nitrogens with one attached hydrogen (secondary N) is 1. The van der Waals surface area contributed by atoms with Crippen molar-refractivity contribution < 1.29 is 16.8 Å². The molecule has 0 fully saturated rings. The summed E-state index contributed by atoms with van der Waals surface area (Å²) in [6, 6.07) is 20.5. The third-order valence-electron chi connectivity index (χ3n) is 4.92. The van der Waals surface area contributed by atoms with Gasteiger partial charge in [0, 0.05) is 23.5 Å². The second-order valence-electron chi connectivity index (χ2n) is 6.66. The van der Waals surface area contributed by atoms with Gasteiger partial charge in [0.05, 0.1) is 6.07 Å². The van der Waals surface area contributed by atoms with Crippen molar-refractivity contribution in [3.05, 3.63) is 71.6 Å². The molecular weight excluding hydrogens is 370 g/mol. The first-order valence-corrected chi connectivity index (χ1v) is 9.43. The van der Waals surface area contributed by atoms with Gasteiger partial charge in [-0.25, -0.2) is 9.56 Å². The Morgan fingerprint density at radius 2 is 1.75 bits per heavy atom. The van der Waals surface area contributed by atoms with Crippen LogP contribution in [0.5, 0.6) is 0 Å². The van der Waals surface area contributed by atoms with E-state index in [1.165, 1.54) is 5.56 Å². The van der Waals surface area contributed by atoms with E-state index in [0.717, 1.165) is 52.4 Å². The average molecular weight is 394 g/mol. The first-order valence-electron chi connectivity index (χ1n) is 9.43. The molecule has 1 aliphatic heterocycles. The summed E-state index contributed by atoms with van der Waals surface area (Å²) < 4.78 is 8.51. The molecule has 0 aromatic heterocycles. The second kappa shape index (κ2) is 8.44. The van der Waals surface area contributed by atoms with Crippen LogP contribution in [0.3, 0.4) is 0 Å². The van der Waals surface area contributed by atoms with E-state index < -0.39 is 0 Å². The van der Waals surface area contributed by atoms with Crippen LogP contribution in [-0.2, 0) is 0 Å². The predicted molar refractivity (Wildman–Crippen MR) is 111 cm³/mol. The highest BCUT2D eigenvalue weighted by atomic mass is 35.5. The van der Waals surface area contributed by atoms with Crippen LogP contribution >= 0.6 is 0 Å². The molecule has 0 bridgehead atoms. The monoisotopic (exact) mass is 393 g/mol. The molecule has 1 N–H and O–H groups in total. The van der Waals surface area contributed by atoms with E-state index in [1.807, 2.05) is 36.4 Å². The van der Waals surface area contributed by atoms with Crippen LogP contribution in [0.1, 0.15) is 19.4 Å². The molecule has 4 rings (SSSR count). The molecule has 4 nitrogen and oxygen atoms in total. The summed E-state index contributed by atoms with van der Waals surface area (Å²) in [6.45, 7) is 8.35. The van der Waals surface area contributed by atoms with Crippen molar-refractivity contribution in [1.82, 2.24) is 9.56 Å². The minimum Gasteiger partial charge on any atom is -1.00 e. The van der Waals surface area contributed by atoms with Crippen molar-refractivity contribution in [3.8, 4) is 11.5 Å². The largest absolute Gasteiger partial charge is 1.00 e. The number of aryl methyl sites for hydroxylation is 1. The van der Waals surface area contributed by atoms with E-state index in [0.29, 0.717) is 0 Å². The summed E-state index contributed by atoms with van der Waals surface area (Å²) in [5, 5.41) is 4.62. The lowest BCUT2D eigenvalue weighted by atomic mass is 10.2. The highest BCUT2D eigenvalue weighted by Gasteiger charge is 2.12. The minimum absolute atomic E-state index is 0. The van der Waals surface area contributed by atoms with Crippen LogP contribution in [0.4, 0.5) is 11.4 Å². The summed E-state index contributed by atoms with van der Waals surface area (Å²) in [7, 11) is 0. The average Bonchev–Trinajstić information content (AvgIpc) is 2.69. The number of hydrogen-bond acceptors (Lipinski definition) is 3. The Balaban J connectivity index is 0.00000225. The molecule has 1 aliphatic carbocycles. The number of hydrogen-bond donors (Lipinski definition) is 1. The summed E-state index contributed by atoms with van der Waals surface area (Å²) >= 11 is 0. The summed E-state index contributed by atoms with van der Waals surface area (Å²) in [6.07, 6.45) is 0. The maximum absolute atomic E-state index is 6.21. The fraction of sp³-hybridized carbons (Fsp3) is 0.217.